The summed E-state index contributed by atoms with van der Waals surface area (Å²) in [6.45, 7) is 0.739. The van der Waals surface area contributed by atoms with Gasteiger partial charge in [0.1, 0.15) is 5.65 Å². The van der Waals surface area contributed by atoms with Gasteiger partial charge in [-0.05, 0) is 43.2 Å². The average molecular weight is 574 g/mol. The number of aromatic nitrogens is 6. The van der Waals surface area contributed by atoms with Crippen molar-refractivity contribution in [3.05, 3.63) is 52.7 Å². The van der Waals surface area contributed by atoms with Crippen LogP contribution in [0.3, 0.4) is 0 Å². The highest BCUT2D eigenvalue weighted by Crippen LogP contribution is 2.44. The van der Waals surface area contributed by atoms with Crippen LogP contribution in [0.5, 0.6) is 5.88 Å². The normalized spacial score (nSPS) is 18.1. The van der Waals surface area contributed by atoms with E-state index < -0.39 is 6.09 Å². The molecular weight excluding hydrogens is 538 g/mol. The minimum Gasteiger partial charge on any atom is -0.479 e. The van der Waals surface area contributed by atoms with Gasteiger partial charge in [0.05, 0.1) is 54.2 Å². The first-order valence-electron chi connectivity index (χ1n) is 14.0. The van der Waals surface area contributed by atoms with Crippen molar-refractivity contribution in [2.24, 2.45) is 19.8 Å². The number of fused-ring (bicyclic) bond motifs is 5. The number of aromatic amines is 1. The van der Waals surface area contributed by atoms with E-state index in [0.717, 1.165) is 83.2 Å². The molecule has 6 heterocycles. The van der Waals surface area contributed by atoms with Crippen molar-refractivity contribution in [2.45, 2.75) is 44.2 Å². The van der Waals surface area contributed by atoms with E-state index in [4.69, 9.17) is 14.5 Å². The number of primary amides is 1. The topological polar surface area (TPSA) is 144 Å². The lowest BCUT2D eigenvalue weighted by atomic mass is 9.97. The molecule has 3 N–H and O–H groups in total. The molecule has 4 bridgehead atoms. The Hall–Kier alpha value is -4.58. The van der Waals surface area contributed by atoms with Crippen molar-refractivity contribution in [2.75, 3.05) is 20.8 Å². The minimum atomic E-state index is -0.745. The molecule has 3 aliphatic rings. The molecule has 12 heteroatoms. The summed E-state index contributed by atoms with van der Waals surface area (Å²) in [7, 11) is 6.58. The number of nitrogens with one attached hydrogen (secondary N) is 1. The molecule has 2 aliphatic heterocycles. The fraction of sp³-hybridized carbons (Fsp3) is 0.400. The maximum Gasteiger partial charge on any atom is 0.404 e. The molecule has 1 aliphatic carbocycles. The van der Waals surface area contributed by atoms with Gasteiger partial charge in [-0.2, -0.15) is 0 Å². The number of benzene rings is 1. The predicted octanol–water partition coefficient (Wildman–Crippen LogP) is 4.06. The molecule has 12 nitrogen and oxygen atoms in total. The lowest BCUT2D eigenvalue weighted by molar-refractivity contribution is 0.0545. The first-order chi connectivity index (χ1) is 20.3. The van der Waals surface area contributed by atoms with Gasteiger partial charge in [-0.15, -0.1) is 5.10 Å². The lowest BCUT2D eigenvalue weighted by Crippen LogP contribution is -2.25. The van der Waals surface area contributed by atoms with E-state index in [2.05, 4.69) is 44.8 Å². The molecule has 4 aromatic heterocycles. The van der Waals surface area contributed by atoms with E-state index in [1.165, 1.54) is 12.7 Å². The molecule has 5 aromatic rings. The summed E-state index contributed by atoms with van der Waals surface area (Å²) in [6, 6.07) is 8.80. The number of hydrogen-bond donors (Lipinski definition) is 2. The average Bonchev–Trinajstić information content (AvgIpc) is 3.75. The number of carbonyl (C=O) groups excluding carboxylic acids is 1. The third kappa shape index (κ3) is 4.71. The Kier molecular flexibility index (Phi) is 7.23. The van der Waals surface area contributed by atoms with Gasteiger partial charge >= 0.3 is 11.8 Å². The number of pyridine rings is 1. The molecule has 1 saturated carbocycles. The molecule has 1 amide bonds. The van der Waals surface area contributed by atoms with E-state index in [0.29, 0.717) is 5.88 Å². The first kappa shape index (κ1) is 27.6. The van der Waals surface area contributed by atoms with Gasteiger partial charge in [-0.1, -0.05) is 24.3 Å². The van der Waals surface area contributed by atoms with Gasteiger partial charge in [0.15, 0.2) is 0 Å². The highest BCUT2D eigenvalue weighted by Gasteiger charge is 2.32. The largest absolute Gasteiger partial charge is 0.479 e. The van der Waals surface area contributed by atoms with E-state index in [9.17, 15) is 9.59 Å². The van der Waals surface area contributed by atoms with Gasteiger partial charge in [0.25, 0.3) is 0 Å². The standard InChI is InChI=1S/C28H30N6O3.C2H5NO2/c1-32-15-20(27(31-32)36-3)24-22-17-8-6-16(7-9-17)5-4-12-37-19-11-10-18(13-19)34-25-21(33(2)28(34)35)14-29-26(30-24)23(22)25;1-5-2(3)4/h6-9,14-15,18-19H,4-5,10-13H2,1-3H3,(H,29,30);1H3,(H2,3,4)/t18?,19-;/m0./s1. The second-order valence-electron chi connectivity index (χ2n) is 10.8. The van der Waals surface area contributed by atoms with E-state index in [-0.39, 0.29) is 17.8 Å². The summed E-state index contributed by atoms with van der Waals surface area (Å²) in [4.78, 5) is 31.4. The number of methoxy groups -OCH3 is 2. The number of hydrogen-bond acceptors (Lipinski definition) is 7. The number of nitrogens with zero attached hydrogens (tertiary/aromatic N) is 5. The zero-order valence-corrected chi connectivity index (χ0v) is 24.2. The maximum absolute atomic E-state index is 13.7. The Bertz CT molecular complexity index is 1830. The zero-order chi connectivity index (χ0) is 29.5. The highest BCUT2D eigenvalue weighted by molar-refractivity contribution is 6.14. The number of rotatable bonds is 2. The summed E-state index contributed by atoms with van der Waals surface area (Å²) in [5.41, 5.74) is 12.0. The van der Waals surface area contributed by atoms with Crippen LogP contribution in [0, 0.1) is 0 Å². The number of nitrogens with two attached hydrogens (primary N) is 1. The molecule has 1 unspecified atom stereocenters. The van der Waals surface area contributed by atoms with Crippen molar-refractivity contribution < 1.29 is 19.0 Å². The Balaban J connectivity index is 0.000000585. The summed E-state index contributed by atoms with van der Waals surface area (Å²) >= 11 is 0. The smallest absolute Gasteiger partial charge is 0.404 e. The number of H-pyrrole nitrogens is 1. The maximum atomic E-state index is 13.7. The summed E-state index contributed by atoms with van der Waals surface area (Å²) in [6.07, 6.45) is 7.88. The third-order valence-corrected chi connectivity index (χ3v) is 8.26. The molecule has 2 atom stereocenters. The van der Waals surface area contributed by atoms with Gasteiger partial charge in [0, 0.05) is 38.5 Å². The predicted molar refractivity (Wildman–Crippen MR) is 159 cm³/mol. The van der Waals surface area contributed by atoms with Crippen LogP contribution >= 0.6 is 0 Å². The van der Waals surface area contributed by atoms with Crippen LogP contribution < -0.4 is 16.2 Å². The number of amides is 1. The minimum absolute atomic E-state index is 0.0118. The van der Waals surface area contributed by atoms with Crippen molar-refractivity contribution in [1.29, 1.82) is 0 Å². The van der Waals surface area contributed by atoms with Gasteiger partial charge < -0.3 is 24.9 Å². The first-order valence-corrected chi connectivity index (χ1v) is 14.0. The zero-order valence-electron chi connectivity index (χ0n) is 24.2. The Morgan fingerprint density at radius 2 is 1.93 bits per heavy atom. The van der Waals surface area contributed by atoms with Gasteiger partial charge in [-0.25, -0.2) is 14.6 Å². The van der Waals surface area contributed by atoms with Crippen LogP contribution in [-0.4, -0.2) is 61.9 Å². The van der Waals surface area contributed by atoms with E-state index in [1.54, 1.807) is 22.6 Å². The van der Waals surface area contributed by atoms with Crippen LogP contribution in [0.1, 0.15) is 37.3 Å². The van der Waals surface area contributed by atoms with E-state index in [1.807, 2.05) is 24.9 Å². The molecule has 8 rings (SSSR count). The summed E-state index contributed by atoms with van der Waals surface area (Å²) < 4.78 is 21.3. The molecule has 1 fully saturated rings. The molecule has 0 saturated heterocycles. The van der Waals surface area contributed by atoms with Crippen molar-refractivity contribution in [3.8, 4) is 28.3 Å². The highest BCUT2D eigenvalue weighted by atomic mass is 16.5. The Morgan fingerprint density at radius 3 is 2.64 bits per heavy atom. The SMILES string of the molecule is COC(N)=O.COc1nn(C)cc1-c1[nH]c2ncc3c4c2c1-c1ccc(cc1)CCCO[C@H]1CCC(C1)n4c(=O)n3C. The fourth-order valence-electron chi connectivity index (χ4n) is 6.27. The summed E-state index contributed by atoms with van der Waals surface area (Å²) in [5, 5.41) is 5.45. The van der Waals surface area contributed by atoms with Gasteiger partial charge in [-0.3, -0.25) is 13.8 Å². The number of aryl methyl sites for hydroxylation is 3. The molecule has 42 heavy (non-hydrogen) atoms. The quantitative estimate of drug-likeness (QED) is 0.324. The molecule has 0 radical (unpaired) electrons. The second kappa shape index (κ2) is 11.0. The van der Waals surface area contributed by atoms with Gasteiger partial charge in [0.2, 0.25) is 5.88 Å². The Morgan fingerprint density at radius 1 is 1.17 bits per heavy atom. The van der Waals surface area contributed by atoms with Crippen LogP contribution in [0.25, 0.3) is 44.5 Å². The van der Waals surface area contributed by atoms with Crippen LogP contribution in [-0.2, 0) is 30.0 Å². The summed E-state index contributed by atoms with van der Waals surface area (Å²) in [5.74, 6) is 0.537. The monoisotopic (exact) mass is 573 g/mol. The lowest BCUT2D eigenvalue weighted by Gasteiger charge is -2.14. The molecule has 220 valence electrons. The van der Waals surface area contributed by atoms with Crippen molar-refractivity contribution >= 4 is 28.2 Å². The third-order valence-electron chi connectivity index (χ3n) is 8.26. The number of ether oxygens (including phenoxy) is 3. The van der Waals surface area contributed by atoms with Crippen molar-refractivity contribution in [1.82, 2.24) is 28.9 Å². The number of carbonyl (C=O) groups is 1. The van der Waals surface area contributed by atoms with Crippen LogP contribution in [0.15, 0.2) is 41.5 Å². The molecular formula is C30H35N7O5. The number of imidazole rings is 1. The second-order valence-corrected chi connectivity index (χ2v) is 10.8. The van der Waals surface area contributed by atoms with Crippen LogP contribution in [0.2, 0.25) is 0 Å². The van der Waals surface area contributed by atoms with Crippen LogP contribution in [0.4, 0.5) is 4.79 Å². The molecule has 0 spiro atoms. The fourth-order valence-corrected chi connectivity index (χ4v) is 6.27. The van der Waals surface area contributed by atoms with Crippen molar-refractivity contribution in [3.63, 3.8) is 0 Å². The Labute approximate surface area is 242 Å². The molecule has 1 aromatic carbocycles. The van der Waals surface area contributed by atoms with E-state index >= 15 is 0 Å².